The third-order valence-corrected chi connectivity index (χ3v) is 2.95. The highest BCUT2D eigenvalue weighted by molar-refractivity contribution is 6.00. The molecular weight excluding hydrogens is 244 g/mol. The Balaban J connectivity index is 2.83. The number of carboxylic acid groups (broad SMARTS) is 1. The number of amides is 1. The first-order chi connectivity index (χ1) is 9.10. The summed E-state index contributed by atoms with van der Waals surface area (Å²) in [7, 11) is 0. The van der Waals surface area contributed by atoms with Crippen molar-refractivity contribution in [3.05, 3.63) is 24.0 Å². The monoisotopic (exact) mass is 264 g/mol. The Hall–Kier alpha value is -1.91. The van der Waals surface area contributed by atoms with Crippen molar-refractivity contribution in [2.45, 2.75) is 39.5 Å². The van der Waals surface area contributed by atoms with Gasteiger partial charge in [-0.3, -0.25) is 9.78 Å². The predicted octanol–water partition coefficient (Wildman–Crippen LogP) is 2.93. The number of carboxylic acids is 1. The summed E-state index contributed by atoms with van der Waals surface area (Å²) < 4.78 is 0. The Kier molecular flexibility index (Phi) is 5.99. The van der Waals surface area contributed by atoms with Crippen molar-refractivity contribution in [2.24, 2.45) is 5.92 Å². The predicted molar refractivity (Wildman–Crippen MR) is 73.1 cm³/mol. The van der Waals surface area contributed by atoms with Crippen molar-refractivity contribution < 1.29 is 14.7 Å². The number of carbonyl (C=O) groups excluding carboxylic acids is 1. The Morgan fingerprint density at radius 2 is 1.95 bits per heavy atom. The summed E-state index contributed by atoms with van der Waals surface area (Å²) in [6.45, 7) is 4.06. The highest BCUT2D eigenvalue weighted by Crippen LogP contribution is 2.19. The quantitative estimate of drug-likeness (QED) is 0.793. The molecule has 0 aliphatic carbocycles. The Labute approximate surface area is 113 Å². The van der Waals surface area contributed by atoms with Crippen LogP contribution in [0.15, 0.2) is 18.5 Å². The van der Waals surface area contributed by atoms with Crippen LogP contribution < -0.4 is 5.32 Å². The number of pyridine rings is 1. The lowest BCUT2D eigenvalue weighted by Gasteiger charge is -2.15. The molecule has 1 rings (SSSR count). The smallest absolute Gasteiger partial charge is 0.337 e. The van der Waals surface area contributed by atoms with Crippen LogP contribution in [0.5, 0.6) is 0 Å². The van der Waals surface area contributed by atoms with Gasteiger partial charge in [0, 0.05) is 12.1 Å². The molecule has 0 aliphatic rings. The van der Waals surface area contributed by atoms with Crippen LogP contribution in [0.2, 0.25) is 0 Å². The number of nitrogens with one attached hydrogen (secondary N) is 1. The molecule has 0 saturated heterocycles. The maximum atomic E-state index is 12.1. The van der Waals surface area contributed by atoms with Gasteiger partial charge in [-0.15, -0.1) is 0 Å². The molecule has 0 atom stereocenters. The first kappa shape index (κ1) is 15.1. The second kappa shape index (κ2) is 7.51. The second-order valence-corrected chi connectivity index (χ2v) is 4.49. The van der Waals surface area contributed by atoms with E-state index in [0.29, 0.717) is 0 Å². The molecule has 0 unspecified atom stereocenters. The fraction of sp³-hybridized carbons (Fsp3) is 0.500. The van der Waals surface area contributed by atoms with Gasteiger partial charge in [0.25, 0.3) is 0 Å². The molecule has 0 aromatic carbocycles. The van der Waals surface area contributed by atoms with E-state index in [4.69, 9.17) is 5.11 Å². The van der Waals surface area contributed by atoms with E-state index >= 15 is 0 Å². The normalized spacial score (nSPS) is 10.5. The molecule has 1 aromatic heterocycles. The molecule has 5 heteroatoms. The summed E-state index contributed by atoms with van der Waals surface area (Å²) in [6.07, 6.45) is 6.24. The van der Waals surface area contributed by atoms with Crippen molar-refractivity contribution in [1.82, 2.24) is 4.98 Å². The van der Waals surface area contributed by atoms with Gasteiger partial charge in [-0.25, -0.2) is 4.79 Å². The summed E-state index contributed by atoms with van der Waals surface area (Å²) in [4.78, 5) is 27.0. The first-order valence-corrected chi connectivity index (χ1v) is 6.58. The number of carbonyl (C=O) groups is 2. The molecule has 104 valence electrons. The van der Waals surface area contributed by atoms with Gasteiger partial charge >= 0.3 is 5.97 Å². The van der Waals surface area contributed by atoms with Crippen molar-refractivity contribution >= 4 is 17.6 Å². The van der Waals surface area contributed by atoms with Crippen molar-refractivity contribution in [3.8, 4) is 0 Å². The SMILES string of the molecule is CCCC(CCC)C(=O)Nc1cnccc1C(=O)O. The van der Waals surface area contributed by atoms with Crippen LogP contribution in [0.3, 0.4) is 0 Å². The number of nitrogens with zero attached hydrogens (tertiary/aromatic N) is 1. The van der Waals surface area contributed by atoms with Crippen LogP contribution in [-0.2, 0) is 4.79 Å². The molecule has 1 heterocycles. The van der Waals surface area contributed by atoms with Gasteiger partial charge in [0.1, 0.15) is 0 Å². The van der Waals surface area contributed by atoms with Crippen molar-refractivity contribution in [3.63, 3.8) is 0 Å². The molecule has 0 spiro atoms. The lowest BCUT2D eigenvalue weighted by molar-refractivity contribution is -0.120. The van der Waals surface area contributed by atoms with Crippen LogP contribution >= 0.6 is 0 Å². The number of anilines is 1. The van der Waals surface area contributed by atoms with Gasteiger partial charge in [-0.1, -0.05) is 26.7 Å². The highest BCUT2D eigenvalue weighted by atomic mass is 16.4. The zero-order valence-electron chi connectivity index (χ0n) is 11.3. The van der Waals surface area contributed by atoms with Gasteiger partial charge < -0.3 is 10.4 Å². The standard InChI is InChI=1S/C14H20N2O3/c1-3-5-10(6-4-2)13(17)16-12-9-15-8-7-11(12)14(18)19/h7-10H,3-6H2,1-2H3,(H,16,17)(H,18,19). The van der Waals surface area contributed by atoms with E-state index in [-0.39, 0.29) is 23.1 Å². The minimum atomic E-state index is -1.07. The zero-order valence-corrected chi connectivity index (χ0v) is 11.3. The van der Waals surface area contributed by atoms with Crippen molar-refractivity contribution in [1.29, 1.82) is 0 Å². The molecule has 0 aliphatic heterocycles. The van der Waals surface area contributed by atoms with Crippen LogP contribution in [-0.4, -0.2) is 22.0 Å². The van der Waals surface area contributed by atoms with Gasteiger partial charge in [0.2, 0.25) is 5.91 Å². The molecule has 1 aromatic rings. The van der Waals surface area contributed by atoms with Crippen LogP contribution in [0.25, 0.3) is 0 Å². The van der Waals surface area contributed by atoms with E-state index in [1.54, 1.807) is 0 Å². The molecule has 0 saturated carbocycles. The fourth-order valence-corrected chi connectivity index (χ4v) is 2.02. The summed E-state index contributed by atoms with van der Waals surface area (Å²) >= 11 is 0. The lowest BCUT2D eigenvalue weighted by atomic mass is 9.97. The Morgan fingerprint density at radius 1 is 1.32 bits per heavy atom. The van der Waals surface area contributed by atoms with Crippen LogP contribution in [0.4, 0.5) is 5.69 Å². The third kappa shape index (κ3) is 4.35. The molecule has 0 fully saturated rings. The average Bonchev–Trinajstić information content (AvgIpc) is 2.38. The maximum absolute atomic E-state index is 12.1. The molecule has 2 N–H and O–H groups in total. The maximum Gasteiger partial charge on any atom is 0.337 e. The summed E-state index contributed by atoms with van der Waals surface area (Å²) in [5.74, 6) is -1.27. The van der Waals surface area contributed by atoms with E-state index in [2.05, 4.69) is 10.3 Å². The van der Waals surface area contributed by atoms with Crippen LogP contribution in [0, 0.1) is 5.92 Å². The van der Waals surface area contributed by atoms with Gasteiger partial charge in [0.15, 0.2) is 0 Å². The molecule has 5 nitrogen and oxygen atoms in total. The topological polar surface area (TPSA) is 79.3 Å². The molecule has 0 radical (unpaired) electrons. The third-order valence-electron chi connectivity index (χ3n) is 2.95. The second-order valence-electron chi connectivity index (χ2n) is 4.49. The first-order valence-electron chi connectivity index (χ1n) is 6.58. The fourth-order valence-electron chi connectivity index (χ4n) is 2.02. The van der Waals surface area contributed by atoms with Crippen LogP contribution in [0.1, 0.15) is 49.9 Å². The van der Waals surface area contributed by atoms with E-state index < -0.39 is 5.97 Å². The number of rotatable bonds is 7. The van der Waals surface area contributed by atoms with Crippen molar-refractivity contribution in [2.75, 3.05) is 5.32 Å². The lowest BCUT2D eigenvalue weighted by Crippen LogP contribution is -2.24. The summed E-state index contributed by atoms with van der Waals surface area (Å²) in [6, 6.07) is 1.38. The minimum Gasteiger partial charge on any atom is -0.478 e. The summed E-state index contributed by atoms with van der Waals surface area (Å²) in [5.41, 5.74) is 0.326. The Bertz CT molecular complexity index is 440. The number of aromatic carboxylic acids is 1. The van der Waals surface area contributed by atoms with Gasteiger partial charge in [-0.2, -0.15) is 0 Å². The number of aromatic nitrogens is 1. The zero-order chi connectivity index (χ0) is 14.3. The Morgan fingerprint density at radius 3 is 2.47 bits per heavy atom. The molecule has 0 bridgehead atoms. The molecular formula is C14H20N2O3. The van der Waals surface area contributed by atoms with Gasteiger partial charge in [-0.05, 0) is 18.9 Å². The molecule has 1 amide bonds. The number of hydrogen-bond donors (Lipinski definition) is 2. The summed E-state index contributed by atoms with van der Waals surface area (Å²) in [5, 5.41) is 11.7. The van der Waals surface area contributed by atoms with Gasteiger partial charge in [0.05, 0.1) is 17.4 Å². The average molecular weight is 264 g/mol. The largest absolute Gasteiger partial charge is 0.478 e. The number of hydrogen-bond acceptors (Lipinski definition) is 3. The highest BCUT2D eigenvalue weighted by Gasteiger charge is 2.19. The van der Waals surface area contributed by atoms with E-state index in [1.165, 1.54) is 18.5 Å². The van der Waals surface area contributed by atoms with E-state index in [0.717, 1.165) is 25.7 Å². The molecule has 19 heavy (non-hydrogen) atoms. The van der Waals surface area contributed by atoms with E-state index in [1.807, 2.05) is 13.8 Å². The van der Waals surface area contributed by atoms with E-state index in [9.17, 15) is 9.59 Å². The minimum absolute atomic E-state index is 0.0649.